The minimum absolute atomic E-state index is 0. The molecule has 0 bridgehead atoms. The molecule has 0 aromatic heterocycles. The van der Waals surface area contributed by atoms with Crippen LogP contribution in [0.2, 0.25) is 0 Å². The van der Waals surface area contributed by atoms with Gasteiger partial charge in [-0.1, -0.05) is 12.1 Å². The maximum atomic E-state index is 12.7. The number of halogens is 4. The summed E-state index contributed by atoms with van der Waals surface area (Å²) < 4.78 is 38.0. The average molecular weight is 442 g/mol. The van der Waals surface area contributed by atoms with Crippen molar-refractivity contribution < 1.29 is 13.2 Å². The summed E-state index contributed by atoms with van der Waals surface area (Å²) in [6.45, 7) is 1.39. The average Bonchev–Trinajstić information content (AvgIpc) is 2.44. The monoisotopic (exact) mass is 442 g/mol. The van der Waals surface area contributed by atoms with E-state index in [-0.39, 0.29) is 41.9 Å². The second-order valence-corrected chi connectivity index (χ2v) is 5.71. The van der Waals surface area contributed by atoms with Crippen LogP contribution in [-0.4, -0.2) is 31.0 Å². The van der Waals surface area contributed by atoms with Crippen molar-refractivity contribution in [1.82, 2.24) is 4.90 Å². The summed E-state index contributed by atoms with van der Waals surface area (Å²) in [4.78, 5) is 6.23. The lowest BCUT2D eigenvalue weighted by Crippen LogP contribution is -2.38. The highest BCUT2D eigenvalue weighted by molar-refractivity contribution is 14.0. The van der Waals surface area contributed by atoms with Crippen LogP contribution in [0.1, 0.15) is 30.0 Å². The largest absolute Gasteiger partial charge is 0.416 e. The third kappa shape index (κ3) is 5.23. The molecule has 1 fully saturated rings. The van der Waals surface area contributed by atoms with Gasteiger partial charge in [0.25, 0.3) is 0 Å². The second-order valence-electron chi connectivity index (χ2n) is 5.71. The predicted molar refractivity (Wildman–Crippen MR) is 95.6 cm³/mol. The zero-order valence-corrected chi connectivity index (χ0v) is 15.2. The van der Waals surface area contributed by atoms with Crippen LogP contribution in [0.15, 0.2) is 29.3 Å². The Bertz CT molecular complexity index is 527. The van der Waals surface area contributed by atoms with Crippen molar-refractivity contribution in [2.75, 3.05) is 20.1 Å². The molecule has 1 aliphatic rings. The van der Waals surface area contributed by atoms with Gasteiger partial charge in [-0.2, -0.15) is 13.2 Å². The topological polar surface area (TPSA) is 67.6 Å². The van der Waals surface area contributed by atoms with Crippen LogP contribution < -0.4 is 11.5 Å². The quantitative estimate of drug-likeness (QED) is 0.430. The summed E-state index contributed by atoms with van der Waals surface area (Å²) in [5, 5.41) is 0. The molecule has 2 atom stereocenters. The molecule has 130 valence electrons. The molecule has 1 heterocycles. The smallest absolute Gasteiger partial charge is 0.370 e. The summed E-state index contributed by atoms with van der Waals surface area (Å²) in [6, 6.07) is 5.40. The molecule has 2 unspecified atom stereocenters. The molecule has 1 aromatic carbocycles. The van der Waals surface area contributed by atoms with Crippen molar-refractivity contribution in [1.29, 1.82) is 0 Å². The number of rotatable bonds is 3. The van der Waals surface area contributed by atoms with E-state index in [0.717, 1.165) is 37.1 Å². The molecular weight excluding hydrogens is 420 g/mol. The van der Waals surface area contributed by atoms with Crippen molar-refractivity contribution in [2.45, 2.75) is 25.1 Å². The lowest BCUT2D eigenvalue weighted by atomic mass is 9.84. The van der Waals surface area contributed by atoms with Gasteiger partial charge in [-0.3, -0.25) is 9.89 Å². The lowest BCUT2D eigenvalue weighted by Gasteiger charge is -2.39. The number of piperidine rings is 1. The molecule has 0 spiro atoms. The van der Waals surface area contributed by atoms with E-state index in [2.05, 4.69) is 9.89 Å². The second kappa shape index (κ2) is 8.18. The number of guanidine groups is 1. The molecule has 23 heavy (non-hydrogen) atoms. The van der Waals surface area contributed by atoms with Crippen LogP contribution in [0.4, 0.5) is 13.2 Å². The number of hydrogen-bond donors (Lipinski definition) is 2. The lowest BCUT2D eigenvalue weighted by molar-refractivity contribution is -0.137. The summed E-state index contributed by atoms with van der Waals surface area (Å²) in [6.07, 6.45) is -2.33. The number of likely N-dealkylation sites (tertiary alicyclic amines) is 1. The van der Waals surface area contributed by atoms with E-state index in [0.29, 0.717) is 6.54 Å². The zero-order chi connectivity index (χ0) is 16.3. The molecule has 0 aliphatic carbocycles. The summed E-state index contributed by atoms with van der Waals surface area (Å²) in [5.74, 6) is 0.233. The van der Waals surface area contributed by atoms with Crippen LogP contribution in [0, 0.1) is 5.92 Å². The third-order valence-electron chi connectivity index (χ3n) is 4.10. The van der Waals surface area contributed by atoms with Crippen LogP contribution in [0.3, 0.4) is 0 Å². The SMILES string of the molecule is CN1CCCC(CN=C(N)N)C1c1ccc(C(F)(F)F)cc1.I. The van der Waals surface area contributed by atoms with Gasteiger partial charge < -0.3 is 11.5 Å². The van der Waals surface area contributed by atoms with E-state index in [9.17, 15) is 13.2 Å². The van der Waals surface area contributed by atoms with Crippen molar-refractivity contribution in [2.24, 2.45) is 22.4 Å². The maximum absolute atomic E-state index is 12.7. The number of alkyl halides is 3. The van der Waals surface area contributed by atoms with Crippen molar-refractivity contribution >= 4 is 29.9 Å². The summed E-state index contributed by atoms with van der Waals surface area (Å²) in [5.41, 5.74) is 11.0. The normalized spacial score (nSPS) is 22.3. The Hall–Kier alpha value is -1.03. The highest BCUT2D eigenvalue weighted by Gasteiger charge is 2.33. The third-order valence-corrected chi connectivity index (χ3v) is 4.10. The maximum Gasteiger partial charge on any atom is 0.416 e. The minimum Gasteiger partial charge on any atom is -0.370 e. The van der Waals surface area contributed by atoms with Gasteiger partial charge in [-0.25, -0.2) is 0 Å². The molecular formula is C15H22F3IN4. The molecule has 2 rings (SSSR count). The first-order valence-electron chi connectivity index (χ1n) is 7.22. The fraction of sp³-hybridized carbons (Fsp3) is 0.533. The van der Waals surface area contributed by atoms with Crippen LogP contribution >= 0.6 is 24.0 Å². The Morgan fingerprint density at radius 1 is 1.26 bits per heavy atom. The van der Waals surface area contributed by atoms with Crippen LogP contribution in [0.25, 0.3) is 0 Å². The molecule has 1 aliphatic heterocycles. The zero-order valence-electron chi connectivity index (χ0n) is 12.9. The highest BCUT2D eigenvalue weighted by Crippen LogP contribution is 2.37. The molecule has 4 N–H and O–H groups in total. The fourth-order valence-electron chi connectivity index (χ4n) is 3.07. The number of nitrogens with zero attached hydrogens (tertiary/aromatic N) is 2. The number of nitrogens with two attached hydrogens (primary N) is 2. The first-order valence-corrected chi connectivity index (χ1v) is 7.22. The van der Waals surface area contributed by atoms with Gasteiger partial charge in [0.1, 0.15) is 0 Å². The van der Waals surface area contributed by atoms with Gasteiger partial charge >= 0.3 is 6.18 Å². The van der Waals surface area contributed by atoms with E-state index in [1.165, 1.54) is 0 Å². The van der Waals surface area contributed by atoms with E-state index in [4.69, 9.17) is 11.5 Å². The molecule has 1 saturated heterocycles. The first-order chi connectivity index (χ1) is 10.3. The van der Waals surface area contributed by atoms with Crippen molar-refractivity contribution in [3.63, 3.8) is 0 Å². The Morgan fingerprint density at radius 2 is 1.87 bits per heavy atom. The van der Waals surface area contributed by atoms with E-state index in [1.54, 1.807) is 12.1 Å². The standard InChI is InChI=1S/C15H21F3N4.HI/c1-22-8-2-3-11(9-21-14(19)20)13(22)10-4-6-12(7-5-10)15(16,17)18;/h4-7,11,13H,2-3,8-9H2,1H3,(H4,19,20,21);1H. The first kappa shape index (κ1) is 20.0. The van der Waals surface area contributed by atoms with Crippen molar-refractivity contribution in [3.8, 4) is 0 Å². The van der Waals surface area contributed by atoms with Gasteiger partial charge in [0.15, 0.2) is 5.96 Å². The Balaban J connectivity index is 0.00000264. The van der Waals surface area contributed by atoms with E-state index in [1.807, 2.05) is 7.05 Å². The number of hydrogen-bond acceptors (Lipinski definition) is 2. The van der Waals surface area contributed by atoms with Crippen LogP contribution in [-0.2, 0) is 6.18 Å². The minimum atomic E-state index is -4.31. The Morgan fingerprint density at radius 3 is 2.39 bits per heavy atom. The van der Waals surface area contributed by atoms with Gasteiger partial charge in [-0.15, -0.1) is 24.0 Å². The summed E-state index contributed by atoms with van der Waals surface area (Å²) in [7, 11) is 1.98. The van der Waals surface area contributed by atoms with Crippen molar-refractivity contribution in [3.05, 3.63) is 35.4 Å². The van der Waals surface area contributed by atoms with Gasteiger partial charge in [0.05, 0.1) is 5.56 Å². The number of aliphatic imine (C=N–C) groups is 1. The Kier molecular flexibility index (Phi) is 7.12. The van der Waals surface area contributed by atoms with Gasteiger partial charge in [0, 0.05) is 12.6 Å². The molecule has 0 amide bonds. The predicted octanol–water partition coefficient (Wildman–Crippen LogP) is 2.98. The van der Waals surface area contributed by atoms with E-state index < -0.39 is 11.7 Å². The number of benzene rings is 1. The summed E-state index contributed by atoms with van der Waals surface area (Å²) >= 11 is 0. The van der Waals surface area contributed by atoms with Gasteiger partial charge in [0.2, 0.25) is 0 Å². The highest BCUT2D eigenvalue weighted by atomic mass is 127. The molecule has 0 radical (unpaired) electrons. The molecule has 4 nitrogen and oxygen atoms in total. The Labute approximate surface area is 151 Å². The van der Waals surface area contributed by atoms with Gasteiger partial charge in [-0.05, 0) is 50.0 Å². The molecule has 1 aromatic rings. The molecule has 0 saturated carbocycles. The molecule has 8 heteroatoms. The van der Waals surface area contributed by atoms with Crippen LogP contribution in [0.5, 0.6) is 0 Å². The fourth-order valence-corrected chi connectivity index (χ4v) is 3.07. The van der Waals surface area contributed by atoms with E-state index >= 15 is 0 Å².